The van der Waals surface area contributed by atoms with Crippen molar-refractivity contribution in [1.82, 2.24) is 4.98 Å². The van der Waals surface area contributed by atoms with Crippen molar-refractivity contribution in [2.45, 2.75) is 4.90 Å². The summed E-state index contributed by atoms with van der Waals surface area (Å²) in [6, 6.07) is 6.93. The number of pyridine rings is 1. The fourth-order valence-corrected chi connectivity index (χ4v) is 2.70. The third kappa shape index (κ3) is 3.26. The zero-order valence-corrected chi connectivity index (χ0v) is 12.8. The van der Waals surface area contributed by atoms with Crippen molar-refractivity contribution in [3.63, 3.8) is 0 Å². The molecule has 20 heavy (non-hydrogen) atoms. The van der Waals surface area contributed by atoms with Crippen LogP contribution in [0.2, 0.25) is 0 Å². The average molecular weight is 360 g/mol. The molecule has 0 unspecified atom stereocenters. The van der Waals surface area contributed by atoms with E-state index >= 15 is 0 Å². The van der Waals surface area contributed by atoms with Gasteiger partial charge in [0.15, 0.2) is 0 Å². The molecule has 0 aliphatic heterocycles. The molecule has 5 nitrogen and oxygen atoms in total. The smallest absolute Gasteiger partial charge is 0.263 e. The molecule has 0 bridgehead atoms. The molecule has 0 saturated carbocycles. The van der Waals surface area contributed by atoms with Crippen molar-refractivity contribution in [3.8, 4) is 0 Å². The second-order valence-electron chi connectivity index (χ2n) is 3.86. The third-order valence-corrected chi connectivity index (χ3v) is 4.48. The fraction of sp³-hybridized carbons (Fsp3) is 0.0833. The van der Waals surface area contributed by atoms with Crippen LogP contribution >= 0.6 is 15.9 Å². The number of nitrogens with zero attached hydrogens (tertiary/aromatic N) is 1. The lowest BCUT2D eigenvalue weighted by molar-refractivity contribution is 0.600. The Hall–Kier alpha value is -1.67. The summed E-state index contributed by atoms with van der Waals surface area (Å²) < 4.78 is 40.1. The van der Waals surface area contributed by atoms with Gasteiger partial charge in [-0.25, -0.2) is 17.8 Å². The van der Waals surface area contributed by atoms with Gasteiger partial charge in [-0.2, -0.15) is 0 Å². The van der Waals surface area contributed by atoms with Crippen LogP contribution in [0.1, 0.15) is 0 Å². The van der Waals surface area contributed by atoms with Crippen LogP contribution in [0.25, 0.3) is 0 Å². The molecule has 0 aliphatic rings. The zero-order valence-electron chi connectivity index (χ0n) is 10.4. The second-order valence-corrected chi connectivity index (χ2v) is 6.40. The molecule has 0 radical (unpaired) electrons. The van der Waals surface area contributed by atoms with Crippen LogP contribution in [0.5, 0.6) is 0 Å². The molecule has 0 aliphatic carbocycles. The van der Waals surface area contributed by atoms with E-state index in [-0.39, 0.29) is 15.1 Å². The van der Waals surface area contributed by atoms with E-state index in [0.29, 0.717) is 5.82 Å². The summed E-state index contributed by atoms with van der Waals surface area (Å²) in [4.78, 5) is 3.92. The Bertz CT molecular complexity index is 720. The van der Waals surface area contributed by atoms with Crippen molar-refractivity contribution in [2.24, 2.45) is 0 Å². The van der Waals surface area contributed by atoms with Crippen LogP contribution in [0.15, 0.2) is 45.9 Å². The number of halogens is 2. The molecule has 2 N–H and O–H groups in total. The summed E-state index contributed by atoms with van der Waals surface area (Å²) in [5.41, 5.74) is 0.142. The maximum atomic E-state index is 13.4. The molecule has 2 aromatic rings. The van der Waals surface area contributed by atoms with E-state index in [0.717, 1.165) is 6.07 Å². The van der Waals surface area contributed by atoms with Crippen LogP contribution < -0.4 is 10.0 Å². The van der Waals surface area contributed by atoms with Crippen LogP contribution in [-0.4, -0.2) is 20.4 Å². The van der Waals surface area contributed by atoms with Gasteiger partial charge in [-0.1, -0.05) is 0 Å². The van der Waals surface area contributed by atoms with E-state index in [1.807, 2.05) is 0 Å². The SMILES string of the molecule is CNc1ccc(S(=O)(=O)Nc2ccc(Br)c(F)c2)cn1. The summed E-state index contributed by atoms with van der Waals surface area (Å²) in [5, 5.41) is 2.79. The Morgan fingerprint density at radius 3 is 2.55 bits per heavy atom. The highest BCUT2D eigenvalue weighted by atomic mass is 79.9. The first-order valence-electron chi connectivity index (χ1n) is 5.54. The molecule has 1 aromatic carbocycles. The Morgan fingerprint density at radius 1 is 1.25 bits per heavy atom. The van der Waals surface area contributed by atoms with Crippen molar-refractivity contribution in [1.29, 1.82) is 0 Å². The van der Waals surface area contributed by atoms with Crippen molar-refractivity contribution in [3.05, 3.63) is 46.8 Å². The number of hydrogen-bond donors (Lipinski definition) is 2. The highest BCUT2D eigenvalue weighted by Gasteiger charge is 2.15. The number of aromatic nitrogens is 1. The predicted octanol–water partition coefficient (Wildman–Crippen LogP) is 2.83. The lowest BCUT2D eigenvalue weighted by Crippen LogP contribution is -2.13. The maximum Gasteiger partial charge on any atom is 0.263 e. The number of anilines is 2. The molecular weight excluding hydrogens is 349 g/mol. The lowest BCUT2D eigenvalue weighted by atomic mass is 10.3. The predicted molar refractivity (Wildman–Crippen MR) is 78.7 cm³/mol. The van der Waals surface area contributed by atoms with Crippen molar-refractivity contribution in [2.75, 3.05) is 17.1 Å². The number of sulfonamides is 1. The number of benzene rings is 1. The van der Waals surface area contributed by atoms with Crippen LogP contribution in [0.4, 0.5) is 15.9 Å². The van der Waals surface area contributed by atoms with Gasteiger partial charge in [0, 0.05) is 13.2 Å². The van der Waals surface area contributed by atoms with Gasteiger partial charge in [0.1, 0.15) is 16.5 Å². The van der Waals surface area contributed by atoms with E-state index in [1.165, 1.54) is 30.5 Å². The summed E-state index contributed by atoms with van der Waals surface area (Å²) in [7, 11) is -2.11. The van der Waals surface area contributed by atoms with E-state index in [9.17, 15) is 12.8 Å². The Kier molecular flexibility index (Phi) is 4.24. The minimum atomic E-state index is -3.79. The van der Waals surface area contributed by atoms with Gasteiger partial charge >= 0.3 is 0 Å². The second kappa shape index (κ2) is 5.76. The van der Waals surface area contributed by atoms with Gasteiger partial charge in [-0.05, 0) is 46.3 Å². The quantitative estimate of drug-likeness (QED) is 0.880. The molecule has 106 valence electrons. The number of rotatable bonds is 4. The first kappa shape index (κ1) is 14.7. The summed E-state index contributed by atoms with van der Waals surface area (Å²) in [5.74, 6) is 0.00694. The molecule has 2 rings (SSSR count). The molecule has 0 saturated heterocycles. The molecule has 0 spiro atoms. The van der Waals surface area contributed by atoms with Gasteiger partial charge in [0.05, 0.1) is 10.2 Å². The van der Waals surface area contributed by atoms with E-state index in [2.05, 4.69) is 31.0 Å². The van der Waals surface area contributed by atoms with Gasteiger partial charge in [-0.15, -0.1) is 0 Å². The van der Waals surface area contributed by atoms with Gasteiger partial charge in [0.25, 0.3) is 10.0 Å². The Labute approximate surface area is 124 Å². The summed E-state index contributed by atoms with van der Waals surface area (Å²) in [6.07, 6.45) is 1.23. The molecule has 0 fully saturated rings. The monoisotopic (exact) mass is 359 g/mol. The Morgan fingerprint density at radius 2 is 2.00 bits per heavy atom. The summed E-state index contributed by atoms with van der Waals surface area (Å²) in [6.45, 7) is 0. The normalized spacial score (nSPS) is 11.2. The molecule has 0 amide bonds. The first-order valence-corrected chi connectivity index (χ1v) is 7.81. The van der Waals surface area contributed by atoms with E-state index < -0.39 is 15.8 Å². The third-order valence-electron chi connectivity index (χ3n) is 2.47. The van der Waals surface area contributed by atoms with Gasteiger partial charge in [0.2, 0.25) is 0 Å². The van der Waals surface area contributed by atoms with Gasteiger partial charge < -0.3 is 5.32 Å². The topological polar surface area (TPSA) is 71.1 Å². The lowest BCUT2D eigenvalue weighted by Gasteiger charge is -2.08. The molecule has 1 heterocycles. The summed E-state index contributed by atoms with van der Waals surface area (Å²) >= 11 is 3.00. The average Bonchev–Trinajstić information content (AvgIpc) is 2.43. The molecule has 0 atom stereocenters. The van der Waals surface area contributed by atoms with Crippen LogP contribution in [0.3, 0.4) is 0 Å². The highest BCUT2D eigenvalue weighted by molar-refractivity contribution is 9.10. The van der Waals surface area contributed by atoms with E-state index in [1.54, 1.807) is 7.05 Å². The minimum absolute atomic E-state index is 0.000160. The number of nitrogens with one attached hydrogen (secondary N) is 2. The molecule has 1 aromatic heterocycles. The standard InChI is InChI=1S/C12H11BrFN3O2S/c1-15-12-5-3-9(7-16-12)20(18,19)17-8-2-4-10(13)11(14)6-8/h2-7,17H,1H3,(H,15,16). The fourth-order valence-electron chi connectivity index (χ4n) is 1.46. The largest absolute Gasteiger partial charge is 0.373 e. The zero-order chi connectivity index (χ0) is 14.8. The minimum Gasteiger partial charge on any atom is -0.373 e. The highest BCUT2D eigenvalue weighted by Crippen LogP contribution is 2.22. The van der Waals surface area contributed by atoms with Crippen LogP contribution in [0, 0.1) is 5.82 Å². The van der Waals surface area contributed by atoms with Crippen molar-refractivity contribution < 1.29 is 12.8 Å². The van der Waals surface area contributed by atoms with E-state index in [4.69, 9.17) is 0 Å². The maximum absolute atomic E-state index is 13.4. The number of hydrogen-bond acceptors (Lipinski definition) is 4. The Balaban J connectivity index is 2.27. The van der Waals surface area contributed by atoms with Crippen molar-refractivity contribution >= 4 is 37.5 Å². The molecular formula is C12H11BrFN3O2S. The first-order chi connectivity index (χ1) is 9.42. The molecule has 8 heteroatoms. The van der Waals surface area contributed by atoms with Crippen LogP contribution in [-0.2, 0) is 10.0 Å². The van der Waals surface area contributed by atoms with Gasteiger partial charge in [-0.3, -0.25) is 4.72 Å².